The van der Waals surface area contributed by atoms with Gasteiger partial charge in [0.25, 0.3) is 0 Å². The van der Waals surface area contributed by atoms with Crippen LogP contribution in [0.25, 0.3) is 66.1 Å². The molecule has 0 bridgehead atoms. The lowest BCUT2D eigenvalue weighted by Crippen LogP contribution is -2.74. The van der Waals surface area contributed by atoms with Gasteiger partial charge in [-0.2, -0.15) is 0 Å². The van der Waals surface area contributed by atoms with Gasteiger partial charge >= 0.3 is 0 Å². The lowest BCUT2D eigenvalue weighted by molar-refractivity contribution is 1.13. The van der Waals surface area contributed by atoms with Crippen LogP contribution in [-0.2, 0) is 0 Å². The van der Waals surface area contributed by atoms with Gasteiger partial charge in [0.1, 0.15) is 0 Å². The maximum atomic E-state index is 2.56. The molecule has 0 atom stereocenters. The van der Waals surface area contributed by atoms with Crippen LogP contribution in [0.5, 0.6) is 0 Å². The fourth-order valence-electron chi connectivity index (χ4n) is 9.41. The minimum Gasteiger partial charge on any atom is -0.307 e. The van der Waals surface area contributed by atoms with Crippen molar-refractivity contribution in [2.45, 2.75) is 0 Å². The Morgan fingerprint density at radius 2 is 0.772 bits per heavy atom. The van der Waals surface area contributed by atoms with E-state index < -0.39 is 8.07 Å². The monoisotopic (exact) mass is 742 g/mol. The molecule has 0 aliphatic rings. The summed E-state index contributed by atoms with van der Waals surface area (Å²) >= 11 is 0. The van der Waals surface area contributed by atoms with E-state index in [0.29, 0.717) is 0 Å². The van der Waals surface area contributed by atoms with Crippen LogP contribution in [0.4, 0.5) is 0 Å². The SMILES string of the molecule is c1ccc(-c2ccc3c4ccc([Si](c5ccccc5)(c5ccccc5)c5ccccc5)cc4n(-c4cccc5c6ccccc6n(-c6ccccc6)c45)c3c2)cc1. The van der Waals surface area contributed by atoms with Gasteiger partial charge in [0, 0.05) is 27.2 Å². The van der Waals surface area contributed by atoms with E-state index in [1.54, 1.807) is 0 Å². The van der Waals surface area contributed by atoms with Crippen molar-refractivity contribution in [3.05, 3.63) is 231 Å². The van der Waals surface area contributed by atoms with Crippen molar-refractivity contribution in [1.29, 1.82) is 0 Å². The fraction of sp³-hybridized carbons (Fsp3) is 0. The first-order chi connectivity index (χ1) is 28.3. The summed E-state index contributed by atoms with van der Waals surface area (Å²) in [7, 11) is -2.82. The third-order valence-corrected chi connectivity index (χ3v) is 16.6. The molecule has 0 N–H and O–H groups in total. The summed E-state index contributed by atoms with van der Waals surface area (Å²) < 4.78 is 5.01. The minimum atomic E-state index is -2.82. The van der Waals surface area contributed by atoms with Crippen LogP contribution >= 0.6 is 0 Å². The van der Waals surface area contributed by atoms with E-state index >= 15 is 0 Å². The largest absolute Gasteiger partial charge is 0.307 e. The van der Waals surface area contributed by atoms with Crippen molar-refractivity contribution < 1.29 is 0 Å². The second-order valence-electron chi connectivity index (χ2n) is 14.9. The molecule has 11 aromatic rings. The molecule has 0 radical (unpaired) electrons. The maximum absolute atomic E-state index is 2.82. The van der Waals surface area contributed by atoms with Crippen molar-refractivity contribution in [2.24, 2.45) is 0 Å². The van der Waals surface area contributed by atoms with Gasteiger partial charge in [-0.3, -0.25) is 0 Å². The quantitative estimate of drug-likeness (QED) is 0.114. The Kier molecular flexibility index (Phi) is 7.87. The summed E-state index contributed by atoms with van der Waals surface area (Å²) in [4.78, 5) is 0. The van der Waals surface area contributed by atoms with E-state index in [4.69, 9.17) is 0 Å². The van der Waals surface area contributed by atoms with Gasteiger partial charge in [0.2, 0.25) is 0 Å². The van der Waals surface area contributed by atoms with Crippen LogP contribution in [-0.4, -0.2) is 17.2 Å². The molecule has 0 unspecified atom stereocenters. The molecule has 0 aliphatic carbocycles. The highest BCUT2D eigenvalue weighted by atomic mass is 28.3. The molecule has 0 amide bonds. The molecule has 0 saturated carbocycles. The van der Waals surface area contributed by atoms with Crippen LogP contribution in [0.2, 0.25) is 0 Å². The molecule has 11 rings (SSSR count). The summed E-state index contributed by atoms with van der Waals surface area (Å²) in [6.45, 7) is 0. The number of nitrogens with zero attached hydrogens (tertiary/aromatic N) is 2. The van der Waals surface area contributed by atoms with Crippen molar-refractivity contribution >= 4 is 72.4 Å². The Balaban J connectivity index is 1.31. The van der Waals surface area contributed by atoms with Crippen LogP contribution in [0.1, 0.15) is 0 Å². The van der Waals surface area contributed by atoms with Gasteiger partial charge < -0.3 is 9.13 Å². The molecular weight excluding hydrogens is 705 g/mol. The zero-order chi connectivity index (χ0) is 37.8. The van der Waals surface area contributed by atoms with E-state index in [9.17, 15) is 0 Å². The van der Waals surface area contributed by atoms with Crippen molar-refractivity contribution in [3.63, 3.8) is 0 Å². The summed E-state index contributed by atoms with van der Waals surface area (Å²) in [6, 6.07) is 85.3. The standard InChI is InChI=1S/C54H38N2Si/c1-6-19-39(20-7-1)40-33-35-47-48-36-34-45(57(42-23-10-3-11-24-42,43-25-12-4-13-26-43)44-27-14-5-15-28-44)38-53(48)56(52(47)37-40)51-32-18-30-49-46-29-16-17-31-50(46)55(54(49)51)41-21-8-2-9-22-41/h1-38H. The van der Waals surface area contributed by atoms with Gasteiger partial charge in [-0.25, -0.2) is 0 Å². The zero-order valence-corrected chi connectivity index (χ0v) is 32.3. The van der Waals surface area contributed by atoms with Crippen LogP contribution in [0, 0.1) is 0 Å². The van der Waals surface area contributed by atoms with Gasteiger partial charge in [0.15, 0.2) is 8.07 Å². The molecule has 2 heterocycles. The third-order valence-electron chi connectivity index (χ3n) is 11.9. The normalized spacial score (nSPS) is 11.9. The first-order valence-electron chi connectivity index (χ1n) is 19.7. The predicted octanol–water partition coefficient (Wildman–Crippen LogP) is 10.9. The van der Waals surface area contributed by atoms with E-state index in [2.05, 4.69) is 240 Å². The molecule has 0 aliphatic heterocycles. The molecule has 57 heavy (non-hydrogen) atoms. The molecule has 2 nitrogen and oxygen atoms in total. The van der Waals surface area contributed by atoms with Gasteiger partial charge in [-0.1, -0.05) is 194 Å². The molecule has 3 heteroatoms. The third kappa shape index (κ3) is 5.17. The maximum Gasteiger partial charge on any atom is 0.179 e. The second kappa shape index (κ2) is 13.5. The highest BCUT2D eigenvalue weighted by molar-refractivity contribution is 7.20. The number of hydrogen-bond acceptors (Lipinski definition) is 0. The highest BCUT2D eigenvalue weighted by Crippen LogP contribution is 2.40. The molecular formula is C54H38N2Si. The molecule has 268 valence electrons. The van der Waals surface area contributed by atoms with Gasteiger partial charge in [-0.15, -0.1) is 0 Å². The van der Waals surface area contributed by atoms with E-state index in [0.717, 1.165) is 11.4 Å². The van der Waals surface area contributed by atoms with E-state index in [1.807, 2.05) is 0 Å². The fourth-order valence-corrected chi connectivity index (χ4v) is 14.2. The number of hydrogen-bond donors (Lipinski definition) is 0. The Bertz CT molecular complexity index is 3110. The number of para-hydroxylation sites is 3. The molecule has 0 fully saturated rings. The summed E-state index contributed by atoms with van der Waals surface area (Å²) in [6.07, 6.45) is 0. The summed E-state index contributed by atoms with van der Waals surface area (Å²) in [5.41, 5.74) is 9.48. The summed E-state index contributed by atoms with van der Waals surface area (Å²) in [5.74, 6) is 0. The number of fused-ring (bicyclic) bond motifs is 6. The first-order valence-corrected chi connectivity index (χ1v) is 21.7. The second-order valence-corrected chi connectivity index (χ2v) is 18.7. The summed E-state index contributed by atoms with van der Waals surface area (Å²) in [5, 5.41) is 10.4. The lowest BCUT2D eigenvalue weighted by atomic mass is 10.0. The molecule has 0 spiro atoms. The van der Waals surface area contributed by atoms with Crippen molar-refractivity contribution in [1.82, 2.24) is 9.13 Å². The molecule has 0 saturated heterocycles. The Hall–Kier alpha value is -7.20. The zero-order valence-electron chi connectivity index (χ0n) is 31.3. The van der Waals surface area contributed by atoms with Crippen molar-refractivity contribution in [3.8, 4) is 22.5 Å². The first kappa shape index (κ1) is 33.2. The number of rotatable bonds is 7. The Labute approximate surface area is 333 Å². The predicted molar refractivity (Wildman–Crippen MR) is 244 cm³/mol. The van der Waals surface area contributed by atoms with Crippen LogP contribution < -0.4 is 20.7 Å². The van der Waals surface area contributed by atoms with Crippen LogP contribution in [0.3, 0.4) is 0 Å². The Morgan fingerprint density at radius 1 is 0.281 bits per heavy atom. The van der Waals surface area contributed by atoms with E-state index in [-0.39, 0.29) is 0 Å². The smallest absolute Gasteiger partial charge is 0.179 e. The van der Waals surface area contributed by atoms with Gasteiger partial charge in [-0.05, 0) is 68.3 Å². The average molecular weight is 743 g/mol. The molecule has 9 aromatic carbocycles. The average Bonchev–Trinajstić information content (AvgIpc) is 3.81. The lowest BCUT2D eigenvalue weighted by Gasteiger charge is -2.34. The van der Waals surface area contributed by atoms with Crippen LogP contribution in [0.15, 0.2) is 231 Å². The van der Waals surface area contributed by atoms with E-state index in [1.165, 1.54) is 75.5 Å². The van der Waals surface area contributed by atoms with Gasteiger partial charge in [0.05, 0.1) is 27.8 Å². The minimum absolute atomic E-state index is 1.14. The molecule has 2 aromatic heterocycles. The Morgan fingerprint density at radius 3 is 1.40 bits per heavy atom. The number of aromatic nitrogens is 2. The topological polar surface area (TPSA) is 9.86 Å². The highest BCUT2D eigenvalue weighted by Gasteiger charge is 2.41. The van der Waals surface area contributed by atoms with Crippen molar-refractivity contribution in [2.75, 3.05) is 0 Å². The number of benzene rings is 9.